The normalized spacial score (nSPS) is 15.7. The summed E-state index contributed by atoms with van der Waals surface area (Å²) in [5.74, 6) is 1.44. The molecule has 0 bridgehead atoms. The molecule has 1 saturated heterocycles. The van der Waals surface area contributed by atoms with Crippen molar-refractivity contribution in [2.75, 3.05) is 33.3 Å². The fourth-order valence-corrected chi connectivity index (χ4v) is 3.50. The lowest BCUT2D eigenvalue weighted by atomic mass is 10.1. The number of hydrogen-bond acceptors (Lipinski definition) is 5. The van der Waals surface area contributed by atoms with E-state index in [1.165, 1.54) is 5.56 Å². The minimum Gasteiger partial charge on any atom is -0.444 e. The molecule has 0 spiro atoms. The summed E-state index contributed by atoms with van der Waals surface area (Å²) in [4.78, 5) is 11.4. The molecule has 1 fully saturated rings. The van der Waals surface area contributed by atoms with Gasteiger partial charge in [0.05, 0.1) is 24.9 Å². The Morgan fingerprint density at radius 3 is 2.61 bits per heavy atom. The first-order chi connectivity index (χ1) is 14.5. The van der Waals surface area contributed by atoms with Crippen LogP contribution >= 0.6 is 24.0 Å². The van der Waals surface area contributed by atoms with Crippen molar-refractivity contribution in [3.8, 4) is 11.5 Å². The second-order valence-electron chi connectivity index (χ2n) is 8.12. The molecule has 2 N–H and O–H groups in total. The highest BCUT2D eigenvalue weighted by molar-refractivity contribution is 14.0. The zero-order chi connectivity index (χ0) is 21.3. The van der Waals surface area contributed by atoms with E-state index in [0.29, 0.717) is 24.6 Å². The van der Waals surface area contributed by atoms with Gasteiger partial charge in [-0.25, -0.2) is 4.98 Å². The SMILES string of the molecule is CN=C(NCc1coc(-c2ccc(C)cc2)n1)NC1CCN(CCOC(C)C)CC1.I. The molecule has 2 aromatic rings. The van der Waals surface area contributed by atoms with Crippen LogP contribution in [0.3, 0.4) is 0 Å². The van der Waals surface area contributed by atoms with Gasteiger partial charge in [-0.05, 0) is 45.7 Å². The highest BCUT2D eigenvalue weighted by atomic mass is 127. The molecule has 31 heavy (non-hydrogen) atoms. The number of guanidine groups is 1. The number of aromatic nitrogens is 1. The Morgan fingerprint density at radius 1 is 1.26 bits per heavy atom. The van der Waals surface area contributed by atoms with Gasteiger partial charge in [-0.2, -0.15) is 0 Å². The molecule has 8 heteroatoms. The van der Waals surface area contributed by atoms with Crippen molar-refractivity contribution in [3.63, 3.8) is 0 Å². The third kappa shape index (κ3) is 8.42. The monoisotopic (exact) mass is 541 g/mol. The highest BCUT2D eigenvalue weighted by Crippen LogP contribution is 2.19. The number of oxazole rings is 1. The van der Waals surface area contributed by atoms with Crippen molar-refractivity contribution in [1.29, 1.82) is 0 Å². The summed E-state index contributed by atoms with van der Waals surface area (Å²) in [7, 11) is 1.80. The first-order valence-corrected chi connectivity index (χ1v) is 10.9. The predicted octanol–water partition coefficient (Wildman–Crippen LogP) is 3.82. The van der Waals surface area contributed by atoms with Gasteiger partial charge in [0.1, 0.15) is 6.26 Å². The van der Waals surface area contributed by atoms with Crippen LogP contribution in [-0.2, 0) is 11.3 Å². The van der Waals surface area contributed by atoms with Gasteiger partial charge in [-0.3, -0.25) is 4.99 Å². The summed E-state index contributed by atoms with van der Waals surface area (Å²) < 4.78 is 11.3. The zero-order valence-electron chi connectivity index (χ0n) is 19.1. The number of hydrogen-bond donors (Lipinski definition) is 2. The van der Waals surface area contributed by atoms with Crippen LogP contribution in [0.15, 0.2) is 39.9 Å². The smallest absolute Gasteiger partial charge is 0.226 e. The number of aryl methyl sites for hydroxylation is 1. The van der Waals surface area contributed by atoms with Crippen molar-refractivity contribution >= 4 is 29.9 Å². The summed E-state index contributed by atoms with van der Waals surface area (Å²) in [6.07, 6.45) is 4.21. The highest BCUT2D eigenvalue weighted by Gasteiger charge is 2.20. The van der Waals surface area contributed by atoms with Gasteiger partial charge in [0.2, 0.25) is 5.89 Å². The lowest BCUT2D eigenvalue weighted by Crippen LogP contribution is -2.49. The summed E-state index contributed by atoms with van der Waals surface area (Å²) in [5, 5.41) is 6.89. The van der Waals surface area contributed by atoms with Gasteiger partial charge >= 0.3 is 0 Å². The van der Waals surface area contributed by atoms with Crippen LogP contribution in [0, 0.1) is 6.92 Å². The number of rotatable bonds is 8. The molecule has 1 aliphatic rings. The van der Waals surface area contributed by atoms with Crippen LogP contribution in [0.5, 0.6) is 0 Å². The average Bonchev–Trinajstić information content (AvgIpc) is 3.21. The Morgan fingerprint density at radius 2 is 1.97 bits per heavy atom. The maximum Gasteiger partial charge on any atom is 0.226 e. The van der Waals surface area contributed by atoms with Crippen LogP contribution < -0.4 is 10.6 Å². The van der Waals surface area contributed by atoms with Gasteiger partial charge < -0.3 is 24.7 Å². The van der Waals surface area contributed by atoms with Crippen molar-refractivity contribution in [1.82, 2.24) is 20.5 Å². The molecule has 0 saturated carbocycles. The van der Waals surface area contributed by atoms with E-state index in [0.717, 1.165) is 56.3 Å². The van der Waals surface area contributed by atoms with E-state index in [9.17, 15) is 0 Å². The van der Waals surface area contributed by atoms with Crippen molar-refractivity contribution in [2.45, 2.75) is 52.3 Å². The van der Waals surface area contributed by atoms with Gasteiger partial charge in [-0.15, -0.1) is 24.0 Å². The lowest BCUT2D eigenvalue weighted by Gasteiger charge is -2.33. The molecule has 7 nitrogen and oxygen atoms in total. The fourth-order valence-electron chi connectivity index (χ4n) is 3.50. The van der Waals surface area contributed by atoms with Gasteiger partial charge in [0.15, 0.2) is 5.96 Å². The van der Waals surface area contributed by atoms with Crippen LogP contribution in [0.1, 0.15) is 37.9 Å². The maximum atomic E-state index is 5.66. The molecule has 0 radical (unpaired) electrons. The number of benzene rings is 1. The Bertz CT molecular complexity index is 799. The fraction of sp³-hybridized carbons (Fsp3) is 0.565. The second-order valence-corrected chi connectivity index (χ2v) is 8.12. The minimum absolute atomic E-state index is 0. The van der Waals surface area contributed by atoms with Crippen LogP contribution in [-0.4, -0.2) is 61.3 Å². The van der Waals surface area contributed by atoms with E-state index in [4.69, 9.17) is 9.15 Å². The van der Waals surface area contributed by atoms with Crippen LogP contribution in [0.2, 0.25) is 0 Å². The van der Waals surface area contributed by atoms with Gasteiger partial charge in [0.25, 0.3) is 0 Å². The van der Waals surface area contributed by atoms with Gasteiger partial charge in [-0.1, -0.05) is 17.7 Å². The third-order valence-corrected chi connectivity index (χ3v) is 5.30. The minimum atomic E-state index is 0. The number of ether oxygens (including phenoxy) is 1. The Hall–Kier alpha value is -1.65. The van der Waals surface area contributed by atoms with Crippen molar-refractivity contribution in [2.24, 2.45) is 4.99 Å². The van der Waals surface area contributed by atoms with Crippen molar-refractivity contribution < 1.29 is 9.15 Å². The summed E-state index contributed by atoms with van der Waals surface area (Å²) >= 11 is 0. The van der Waals surface area contributed by atoms with E-state index in [1.54, 1.807) is 13.3 Å². The molecule has 0 atom stereocenters. The molecular weight excluding hydrogens is 505 g/mol. The number of likely N-dealkylation sites (tertiary alicyclic amines) is 1. The topological polar surface area (TPSA) is 74.9 Å². The Balaban J connectivity index is 0.00000341. The largest absolute Gasteiger partial charge is 0.444 e. The standard InChI is InChI=1S/C23H35N5O2.HI/c1-17(2)29-14-13-28-11-9-20(10-12-28)27-23(24-4)25-15-21-16-30-22(26-21)19-7-5-18(3)6-8-19;/h5-8,16-17,20H,9-15H2,1-4H3,(H2,24,25,27);1H. The number of aliphatic imine (C=N–C) groups is 1. The van der Waals surface area contributed by atoms with Crippen LogP contribution in [0.25, 0.3) is 11.5 Å². The quantitative estimate of drug-likeness (QED) is 0.301. The molecule has 0 amide bonds. The summed E-state index contributed by atoms with van der Waals surface area (Å²) in [6, 6.07) is 8.61. The molecule has 0 unspecified atom stereocenters. The number of piperidine rings is 1. The summed E-state index contributed by atoms with van der Waals surface area (Å²) in [6.45, 7) is 10.8. The van der Waals surface area contributed by atoms with E-state index < -0.39 is 0 Å². The predicted molar refractivity (Wildman–Crippen MR) is 136 cm³/mol. The third-order valence-electron chi connectivity index (χ3n) is 5.30. The Kier molecular flexibility index (Phi) is 10.8. The second kappa shape index (κ2) is 13.0. The molecule has 1 aromatic carbocycles. The lowest BCUT2D eigenvalue weighted by molar-refractivity contribution is 0.0532. The summed E-state index contributed by atoms with van der Waals surface area (Å²) in [5.41, 5.74) is 3.06. The maximum absolute atomic E-state index is 5.66. The number of nitrogens with one attached hydrogen (secondary N) is 2. The van der Waals surface area contributed by atoms with Crippen molar-refractivity contribution in [3.05, 3.63) is 41.8 Å². The number of nitrogens with zero attached hydrogens (tertiary/aromatic N) is 3. The van der Waals surface area contributed by atoms with E-state index in [-0.39, 0.29) is 24.0 Å². The molecule has 1 aliphatic heterocycles. The zero-order valence-corrected chi connectivity index (χ0v) is 21.4. The van der Waals surface area contributed by atoms with Gasteiger partial charge in [0, 0.05) is 38.3 Å². The average molecular weight is 541 g/mol. The van der Waals surface area contributed by atoms with Crippen LogP contribution in [0.4, 0.5) is 0 Å². The first-order valence-electron chi connectivity index (χ1n) is 10.9. The molecule has 172 valence electrons. The Labute approximate surface area is 203 Å². The molecule has 0 aliphatic carbocycles. The molecule has 2 heterocycles. The first kappa shape index (κ1) is 25.6. The molecule has 3 rings (SSSR count). The molecule has 1 aromatic heterocycles. The van der Waals surface area contributed by atoms with E-state index in [2.05, 4.69) is 58.4 Å². The van der Waals surface area contributed by atoms with E-state index >= 15 is 0 Å². The molecular formula is C23H36IN5O2. The number of halogens is 1. The van der Waals surface area contributed by atoms with E-state index in [1.807, 2.05) is 12.1 Å².